The van der Waals surface area contributed by atoms with Crippen molar-refractivity contribution in [1.82, 2.24) is 9.29 Å². The van der Waals surface area contributed by atoms with E-state index in [9.17, 15) is 27.9 Å². The van der Waals surface area contributed by atoms with Gasteiger partial charge in [-0.3, -0.25) is 9.59 Å². The van der Waals surface area contributed by atoms with E-state index in [2.05, 4.69) is 9.71 Å². The van der Waals surface area contributed by atoms with E-state index >= 15 is 0 Å². The Morgan fingerprint density at radius 3 is 2.33 bits per heavy atom. The van der Waals surface area contributed by atoms with Gasteiger partial charge in [0, 0.05) is 22.3 Å². The van der Waals surface area contributed by atoms with Gasteiger partial charge in [0.15, 0.2) is 4.80 Å². The molecule has 5 rings (SSSR count). The first-order chi connectivity index (χ1) is 20.7. The number of rotatable bonds is 11. The molecule has 0 bridgehead atoms. The number of sulfonamides is 1. The number of aromatic carboxylic acids is 1. The molecule has 2 aliphatic carbocycles. The van der Waals surface area contributed by atoms with Crippen molar-refractivity contribution >= 4 is 39.1 Å². The maximum Gasteiger partial charge on any atom is 0.353 e. The average molecular weight is 624 g/mol. The Balaban J connectivity index is 1.43. The van der Waals surface area contributed by atoms with Gasteiger partial charge in [-0.15, -0.1) is 11.3 Å². The summed E-state index contributed by atoms with van der Waals surface area (Å²) in [6.45, 7) is 2.23. The number of carboxylic acid groups (broad SMARTS) is 1. The molecule has 11 heteroatoms. The van der Waals surface area contributed by atoms with Crippen LogP contribution in [0.15, 0.2) is 58.4 Å². The lowest BCUT2D eigenvalue weighted by Crippen LogP contribution is -2.36. The number of nitrogens with zero attached hydrogens (tertiary/aromatic N) is 2. The Labute approximate surface area is 255 Å². The first kappa shape index (κ1) is 30.9. The minimum atomic E-state index is -4.10. The highest BCUT2D eigenvalue weighted by Crippen LogP contribution is 2.31. The number of aryl methyl sites for hydroxylation is 1. The molecule has 2 saturated carbocycles. The van der Waals surface area contributed by atoms with E-state index in [1.165, 1.54) is 17.4 Å². The van der Waals surface area contributed by atoms with Gasteiger partial charge < -0.3 is 9.67 Å². The van der Waals surface area contributed by atoms with Gasteiger partial charge in [-0.25, -0.2) is 17.9 Å². The number of carbonyl (C=O) groups excluding carboxylic acids is 2. The molecule has 2 fully saturated rings. The van der Waals surface area contributed by atoms with Crippen molar-refractivity contribution in [1.29, 1.82) is 0 Å². The van der Waals surface area contributed by atoms with Crippen LogP contribution in [0.25, 0.3) is 11.1 Å². The van der Waals surface area contributed by atoms with Crippen LogP contribution in [0, 0.1) is 11.8 Å². The lowest BCUT2D eigenvalue weighted by Gasteiger charge is -2.21. The molecule has 3 aromatic rings. The highest BCUT2D eigenvalue weighted by atomic mass is 32.2. The average Bonchev–Trinajstić information content (AvgIpc) is 3.80. The number of carbonyl (C=O) groups is 3. The largest absolute Gasteiger partial charge is 0.477 e. The van der Waals surface area contributed by atoms with Crippen LogP contribution in [0.4, 0.5) is 0 Å². The quantitative estimate of drug-likeness (QED) is 0.289. The molecule has 228 valence electrons. The number of hydrogen-bond acceptors (Lipinski definition) is 6. The van der Waals surface area contributed by atoms with Crippen molar-refractivity contribution < 1.29 is 27.9 Å². The number of hydrogen-bond donors (Lipinski definition) is 2. The van der Waals surface area contributed by atoms with Crippen molar-refractivity contribution in [2.45, 2.75) is 82.6 Å². The molecular weight excluding hydrogens is 587 g/mol. The number of amides is 2. The van der Waals surface area contributed by atoms with Crippen LogP contribution in [0.1, 0.15) is 85.6 Å². The van der Waals surface area contributed by atoms with E-state index in [1.807, 2.05) is 19.1 Å². The van der Waals surface area contributed by atoms with Crippen LogP contribution in [0.5, 0.6) is 0 Å². The van der Waals surface area contributed by atoms with Crippen molar-refractivity contribution in [2.24, 2.45) is 16.8 Å². The Hall–Kier alpha value is -3.57. The number of aromatic nitrogens is 1. The van der Waals surface area contributed by atoms with Crippen LogP contribution in [-0.2, 0) is 32.6 Å². The Morgan fingerprint density at radius 2 is 1.67 bits per heavy atom. The van der Waals surface area contributed by atoms with Gasteiger partial charge in [-0.1, -0.05) is 75.1 Å². The second kappa shape index (κ2) is 13.4. The third-order valence-corrected chi connectivity index (χ3v) is 10.6. The molecular formula is C32H37N3O6S2. The van der Waals surface area contributed by atoms with E-state index in [4.69, 9.17) is 0 Å². The van der Waals surface area contributed by atoms with E-state index < -0.39 is 21.9 Å². The van der Waals surface area contributed by atoms with Gasteiger partial charge in [-0.2, -0.15) is 4.99 Å². The SMILES string of the molecule is CCCCc1sc(=NC(=O)C2CC2)n(Cc2ccc(-c3ccccc3S(=O)(=O)NC(=O)C3CCCCC3)cc2)c1C(=O)O. The number of benzene rings is 2. The van der Waals surface area contributed by atoms with E-state index in [1.54, 1.807) is 34.9 Å². The minimum absolute atomic E-state index is 0.0209. The van der Waals surface area contributed by atoms with E-state index in [0.717, 1.165) is 50.5 Å². The molecule has 0 saturated heterocycles. The summed E-state index contributed by atoms with van der Waals surface area (Å²) in [5.41, 5.74) is 2.02. The molecule has 2 N–H and O–H groups in total. The summed E-state index contributed by atoms with van der Waals surface area (Å²) >= 11 is 1.26. The molecule has 43 heavy (non-hydrogen) atoms. The highest BCUT2D eigenvalue weighted by molar-refractivity contribution is 7.90. The summed E-state index contributed by atoms with van der Waals surface area (Å²) in [6.07, 6.45) is 8.25. The van der Waals surface area contributed by atoms with E-state index in [0.29, 0.717) is 40.1 Å². The molecule has 2 aliphatic rings. The van der Waals surface area contributed by atoms with E-state index in [-0.39, 0.29) is 34.9 Å². The molecule has 0 atom stereocenters. The fraction of sp³-hybridized carbons (Fsp3) is 0.438. The van der Waals surface area contributed by atoms with Gasteiger partial charge in [0.1, 0.15) is 5.69 Å². The Kier molecular flexibility index (Phi) is 9.61. The summed E-state index contributed by atoms with van der Waals surface area (Å²) in [5, 5.41) is 10.1. The zero-order valence-electron chi connectivity index (χ0n) is 24.3. The summed E-state index contributed by atoms with van der Waals surface area (Å²) in [6, 6.07) is 13.8. The van der Waals surface area contributed by atoms with Crippen LogP contribution >= 0.6 is 11.3 Å². The molecule has 0 spiro atoms. The second-order valence-corrected chi connectivity index (χ2v) is 14.1. The number of unbranched alkanes of at least 4 members (excludes halogenated alkanes) is 1. The van der Waals surface area contributed by atoms with Crippen molar-refractivity contribution in [3.8, 4) is 11.1 Å². The standard InChI is InChI=1S/C32H37N3O6S2/c1-2-3-12-26-28(31(38)39)35(32(42-26)33-29(36)24-18-19-24)20-21-14-16-22(17-15-21)25-11-7-8-13-27(25)43(40,41)34-30(37)23-9-5-4-6-10-23/h7-8,11,13-17,23-24H,2-6,9-10,12,18-20H2,1H3,(H,34,37)(H,38,39). The zero-order valence-corrected chi connectivity index (χ0v) is 25.9. The topological polar surface area (TPSA) is 135 Å². The van der Waals surface area contributed by atoms with Crippen LogP contribution in [-0.4, -0.2) is 35.9 Å². The number of nitrogens with one attached hydrogen (secondary N) is 1. The summed E-state index contributed by atoms with van der Waals surface area (Å²) < 4.78 is 30.5. The lowest BCUT2D eigenvalue weighted by atomic mass is 9.89. The third-order valence-electron chi connectivity index (χ3n) is 8.06. The van der Waals surface area contributed by atoms with Crippen LogP contribution < -0.4 is 9.52 Å². The highest BCUT2D eigenvalue weighted by Gasteiger charge is 2.30. The first-order valence-electron chi connectivity index (χ1n) is 15.0. The van der Waals surface area contributed by atoms with Gasteiger partial charge in [0.2, 0.25) is 5.91 Å². The van der Waals surface area contributed by atoms with Gasteiger partial charge in [-0.05, 0) is 55.7 Å². The number of carboxylic acids is 1. The van der Waals surface area contributed by atoms with Crippen molar-refractivity contribution in [2.75, 3.05) is 0 Å². The smallest absolute Gasteiger partial charge is 0.353 e. The van der Waals surface area contributed by atoms with Crippen LogP contribution in [0.3, 0.4) is 0 Å². The van der Waals surface area contributed by atoms with Gasteiger partial charge >= 0.3 is 5.97 Å². The first-order valence-corrected chi connectivity index (χ1v) is 17.3. The maximum atomic E-state index is 13.3. The molecule has 0 radical (unpaired) electrons. The molecule has 1 aromatic heterocycles. The monoisotopic (exact) mass is 623 g/mol. The minimum Gasteiger partial charge on any atom is -0.477 e. The summed E-state index contributed by atoms with van der Waals surface area (Å²) in [7, 11) is -4.10. The Bertz CT molecular complexity index is 1680. The van der Waals surface area contributed by atoms with Crippen LogP contribution in [0.2, 0.25) is 0 Å². The number of thiazole rings is 1. The van der Waals surface area contributed by atoms with Crippen molar-refractivity contribution in [3.63, 3.8) is 0 Å². The normalized spacial score (nSPS) is 16.3. The lowest BCUT2D eigenvalue weighted by molar-refractivity contribution is -0.124. The van der Waals surface area contributed by atoms with Gasteiger partial charge in [0.05, 0.1) is 11.4 Å². The third kappa shape index (κ3) is 7.33. The summed E-state index contributed by atoms with van der Waals surface area (Å²) in [4.78, 5) is 43.1. The molecule has 2 aromatic carbocycles. The predicted molar refractivity (Wildman–Crippen MR) is 164 cm³/mol. The van der Waals surface area contributed by atoms with Gasteiger partial charge in [0.25, 0.3) is 15.9 Å². The molecule has 0 unspecified atom stereocenters. The van der Waals surface area contributed by atoms with Crippen molar-refractivity contribution in [3.05, 3.63) is 69.5 Å². The zero-order chi connectivity index (χ0) is 30.6. The molecule has 1 heterocycles. The molecule has 0 aliphatic heterocycles. The fourth-order valence-electron chi connectivity index (χ4n) is 5.49. The molecule has 2 amide bonds. The second-order valence-electron chi connectivity index (χ2n) is 11.4. The summed E-state index contributed by atoms with van der Waals surface area (Å²) in [5.74, 6) is -2.09. The fourth-order valence-corrected chi connectivity index (χ4v) is 7.93. The predicted octanol–water partition coefficient (Wildman–Crippen LogP) is 5.53. The Morgan fingerprint density at radius 1 is 0.977 bits per heavy atom. The maximum absolute atomic E-state index is 13.3. The molecule has 9 nitrogen and oxygen atoms in total.